The van der Waals surface area contributed by atoms with Gasteiger partial charge in [-0.25, -0.2) is 0 Å². The summed E-state index contributed by atoms with van der Waals surface area (Å²) in [6, 6.07) is 10.6. The number of thiophene rings is 1. The van der Waals surface area contributed by atoms with Crippen LogP contribution in [0.15, 0.2) is 41.8 Å². The second kappa shape index (κ2) is 7.83. The Labute approximate surface area is 157 Å². The van der Waals surface area contributed by atoms with Crippen LogP contribution in [0.4, 0.5) is 5.69 Å². The first kappa shape index (κ1) is 18.3. The third-order valence-corrected chi connectivity index (χ3v) is 5.30. The number of anilines is 1. The van der Waals surface area contributed by atoms with Crippen LogP contribution in [0.2, 0.25) is 0 Å². The van der Waals surface area contributed by atoms with Crippen LogP contribution in [0.5, 0.6) is 0 Å². The van der Waals surface area contributed by atoms with E-state index in [1.165, 1.54) is 4.90 Å². The van der Waals surface area contributed by atoms with E-state index in [1.807, 2.05) is 17.5 Å². The van der Waals surface area contributed by atoms with Gasteiger partial charge in [0.25, 0.3) is 5.91 Å². The Morgan fingerprint density at radius 2 is 1.88 bits per heavy atom. The Balaban J connectivity index is 1.80. The number of hydrogen-bond acceptors (Lipinski definition) is 4. The molecule has 1 saturated heterocycles. The fraction of sp³-hybridized carbons (Fsp3) is 0.350. The topological polar surface area (TPSA) is 66.5 Å². The number of hydrogen-bond donors (Lipinski definition) is 1. The van der Waals surface area contributed by atoms with Gasteiger partial charge < -0.3 is 5.32 Å². The van der Waals surface area contributed by atoms with Gasteiger partial charge in [0, 0.05) is 23.3 Å². The molecule has 0 aliphatic carbocycles. The summed E-state index contributed by atoms with van der Waals surface area (Å²) in [6.45, 7) is 4.25. The third kappa shape index (κ3) is 4.02. The Hall–Kier alpha value is -2.47. The summed E-state index contributed by atoms with van der Waals surface area (Å²) in [7, 11) is 0. The molecule has 2 heterocycles. The second-order valence-electron chi connectivity index (χ2n) is 6.84. The molecule has 1 aliphatic rings. The molecule has 0 bridgehead atoms. The van der Waals surface area contributed by atoms with Gasteiger partial charge in [-0.1, -0.05) is 26.0 Å². The lowest BCUT2D eigenvalue weighted by molar-refractivity contribution is -0.121. The van der Waals surface area contributed by atoms with E-state index in [4.69, 9.17) is 0 Å². The van der Waals surface area contributed by atoms with Crippen LogP contribution in [0.3, 0.4) is 0 Å². The Morgan fingerprint density at radius 3 is 2.50 bits per heavy atom. The first-order chi connectivity index (χ1) is 12.5. The van der Waals surface area contributed by atoms with E-state index in [1.54, 1.807) is 35.6 Å². The lowest BCUT2D eigenvalue weighted by atomic mass is 10.0. The number of carbonyl (C=O) groups is 3. The number of rotatable bonds is 6. The average Bonchev–Trinajstić information content (AvgIpc) is 3.24. The quantitative estimate of drug-likeness (QED) is 0.784. The summed E-state index contributed by atoms with van der Waals surface area (Å²) < 4.78 is 0. The molecule has 3 rings (SSSR count). The van der Waals surface area contributed by atoms with Crippen LogP contribution in [-0.2, 0) is 9.59 Å². The van der Waals surface area contributed by atoms with Gasteiger partial charge in [0.05, 0.1) is 11.7 Å². The first-order valence-corrected chi connectivity index (χ1v) is 9.64. The van der Waals surface area contributed by atoms with Crippen LogP contribution >= 0.6 is 11.3 Å². The van der Waals surface area contributed by atoms with Crippen molar-refractivity contribution in [3.8, 4) is 0 Å². The predicted octanol–water partition coefficient (Wildman–Crippen LogP) is 3.92. The number of nitrogens with one attached hydrogen (secondary N) is 1. The highest BCUT2D eigenvalue weighted by Crippen LogP contribution is 2.27. The summed E-state index contributed by atoms with van der Waals surface area (Å²) in [6.07, 6.45) is 1.29. The van der Waals surface area contributed by atoms with E-state index < -0.39 is 0 Å². The van der Waals surface area contributed by atoms with Crippen molar-refractivity contribution in [1.82, 2.24) is 5.32 Å². The smallest absolute Gasteiger partial charge is 0.251 e. The van der Waals surface area contributed by atoms with Crippen molar-refractivity contribution in [3.05, 3.63) is 52.2 Å². The van der Waals surface area contributed by atoms with Gasteiger partial charge >= 0.3 is 0 Å². The van der Waals surface area contributed by atoms with Crippen molar-refractivity contribution < 1.29 is 14.4 Å². The van der Waals surface area contributed by atoms with Crippen LogP contribution in [0, 0.1) is 5.92 Å². The average molecular weight is 370 g/mol. The van der Waals surface area contributed by atoms with Crippen LogP contribution < -0.4 is 10.2 Å². The monoisotopic (exact) mass is 370 g/mol. The predicted molar refractivity (Wildman–Crippen MR) is 102 cm³/mol. The molecule has 2 aromatic rings. The molecule has 136 valence electrons. The molecule has 26 heavy (non-hydrogen) atoms. The first-order valence-electron chi connectivity index (χ1n) is 8.76. The van der Waals surface area contributed by atoms with Crippen molar-refractivity contribution in [1.29, 1.82) is 0 Å². The van der Waals surface area contributed by atoms with Crippen LogP contribution in [0.25, 0.3) is 0 Å². The molecule has 6 heteroatoms. The van der Waals surface area contributed by atoms with Gasteiger partial charge in [0.1, 0.15) is 0 Å². The summed E-state index contributed by atoms with van der Waals surface area (Å²) in [5, 5.41) is 5.09. The van der Waals surface area contributed by atoms with Crippen molar-refractivity contribution in [2.24, 2.45) is 5.92 Å². The van der Waals surface area contributed by atoms with Crippen LogP contribution in [-0.4, -0.2) is 17.7 Å². The maximum Gasteiger partial charge on any atom is 0.251 e. The SMILES string of the molecule is CC(C)C[C@H](NC(=O)c1cccc(N2C(=O)CCC2=O)c1)c1cccs1. The highest BCUT2D eigenvalue weighted by molar-refractivity contribution is 7.10. The van der Waals surface area contributed by atoms with E-state index >= 15 is 0 Å². The summed E-state index contributed by atoms with van der Waals surface area (Å²) in [4.78, 5) is 38.9. The van der Waals surface area contributed by atoms with Crippen molar-refractivity contribution in [2.75, 3.05) is 4.90 Å². The zero-order valence-electron chi connectivity index (χ0n) is 14.9. The number of nitrogens with zero attached hydrogens (tertiary/aromatic N) is 1. The molecule has 0 radical (unpaired) electrons. The van der Waals surface area contributed by atoms with Gasteiger partial charge in [0.15, 0.2) is 0 Å². The maximum absolute atomic E-state index is 12.8. The van der Waals surface area contributed by atoms with E-state index in [2.05, 4.69) is 19.2 Å². The minimum absolute atomic E-state index is 0.0544. The lowest BCUT2D eigenvalue weighted by Crippen LogP contribution is -2.30. The minimum Gasteiger partial charge on any atom is -0.344 e. The standard InChI is InChI=1S/C20H22N2O3S/c1-13(2)11-16(17-7-4-10-26-17)21-20(25)14-5-3-6-15(12-14)22-18(23)8-9-19(22)24/h3-7,10,12-13,16H,8-9,11H2,1-2H3,(H,21,25)/t16-/m0/s1. The molecule has 5 nitrogen and oxygen atoms in total. The molecule has 0 saturated carbocycles. The molecular formula is C20H22N2O3S. The lowest BCUT2D eigenvalue weighted by Gasteiger charge is -2.20. The van der Waals surface area contributed by atoms with Crippen LogP contribution in [0.1, 0.15) is 54.4 Å². The Kier molecular flexibility index (Phi) is 5.52. The number of imide groups is 1. The summed E-state index contributed by atoms with van der Waals surface area (Å²) in [5.41, 5.74) is 0.905. The highest BCUT2D eigenvalue weighted by Gasteiger charge is 2.30. The molecule has 1 aromatic carbocycles. The summed E-state index contributed by atoms with van der Waals surface area (Å²) >= 11 is 1.62. The van der Waals surface area contributed by atoms with Gasteiger partial charge in [-0.3, -0.25) is 19.3 Å². The fourth-order valence-electron chi connectivity index (χ4n) is 3.10. The Bertz CT molecular complexity index is 798. The fourth-order valence-corrected chi connectivity index (χ4v) is 3.89. The van der Waals surface area contributed by atoms with E-state index in [-0.39, 0.29) is 36.6 Å². The van der Waals surface area contributed by atoms with Crippen molar-refractivity contribution in [3.63, 3.8) is 0 Å². The number of amides is 3. The molecule has 3 amide bonds. The number of benzene rings is 1. The zero-order valence-corrected chi connectivity index (χ0v) is 15.7. The molecule has 0 spiro atoms. The zero-order chi connectivity index (χ0) is 18.7. The van der Waals surface area contributed by atoms with Gasteiger partial charge in [0.2, 0.25) is 11.8 Å². The van der Waals surface area contributed by atoms with E-state index in [9.17, 15) is 14.4 Å². The third-order valence-electron chi connectivity index (χ3n) is 4.32. The largest absolute Gasteiger partial charge is 0.344 e. The molecular weight excluding hydrogens is 348 g/mol. The van der Waals surface area contributed by atoms with Crippen molar-refractivity contribution >= 4 is 34.7 Å². The highest BCUT2D eigenvalue weighted by atomic mass is 32.1. The minimum atomic E-state index is -0.219. The normalized spacial score (nSPS) is 15.6. The number of carbonyl (C=O) groups excluding carboxylic acids is 3. The molecule has 1 aliphatic heterocycles. The van der Waals surface area contributed by atoms with E-state index in [0.717, 1.165) is 11.3 Å². The van der Waals surface area contributed by atoms with Gasteiger partial charge in [-0.2, -0.15) is 0 Å². The van der Waals surface area contributed by atoms with Gasteiger partial charge in [-0.15, -0.1) is 11.3 Å². The summed E-state index contributed by atoms with van der Waals surface area (Å²) in [5.74, 6) is -0.203. The van der Waals surface area contributed by atoms with Gasteiger partial charge in [-0.05, 0) is 42.0 Å². The molecule has 1 N–H and O–H groups in total. The second-order valence-corrected chi connectivity index (χ2v) is 7.82. The Morgan fingerprint density at radius 1 is 1.15 bits per heavy atom. The van der Waals surface area contributed by atoms with Crippen molar-refractivity contribution in [2.45, 2.75) is 39.2 Å². The molecule has 1 atom stereocenters. The molecule has 1 fully saturated rings. The maximum atomic E-state index is 12.8. The molecule has 1 aromatic heterocycles. The van der Waals surface area contributed by atoms with E-state index in [0.29, 0.717) is 17.2 Å². The molecule has 0 unspecified atom stereocenters.